The second-order valence-corrected chi connectivity index (χ2v) is 11.8. The number of hydrogen-bond acceptors (Lipinski definition) is 10. The van der Waals surface area contributed by atoms with Crippen molar-refractivity contribution >= 4 is 32.7 Å². The van der Waals surface area contributed by atoms with Crippen molar-refractivity contribution in [2.75, 3.05) is 58.1 Å². The van der Waals surface area contributed by atoms with Gasteiger partial charge in [0.05, 0.1) is 18.3 Å². The van der Waals surface area contributed by atoms with E-state index in [2.05, 4.69) is 4.90 Å². The quantitative estimate of drug-likeness (QED) is 0.250. The third kappa shape index (κ3) is 6.32. The lowest BCUT2D eigenvalue weighted by Gasteiger charge is -2.37. The van der Waals surface area contributed by atoms with Crippen molar-refractivity contribution in [1.82, 2.24) is 4.90 Å². The Morgan fingerprint density at radius 2 is 1.83 bits per heavy atom. The highest BCUT2D eigenvalue weighted by atomic mass is 32.2. The molecule has 3 N–H and O–H groups in total. The van der Waals surface area contributed by atoms with E-state index in [-0.39, 0.29) is 24.4 Å². The number of benzene rings is 2. The van der Waals surface area contributed by atoms with E-state index in [9.17, 15) is 22.6 Å². The molecule has 1 aromatic heterocycles. The van der Waals surface area contributed by atoms with E-state index in [1.54, 1.807) is 18.2 Å². The average molecular weight is 588 g/mol. The molecular weight excluding hydrogens is 554 g/mol. The molecule has 12 nitrogen and oxygen atoms in total. The van der Waals surface area contributed by atoms with Gasteiger partial charge in [-0.15, -0.1) is 0 Å². The normalized spacial score (nSPS) is 16.3. The van der Waals surface area contributed by atoms with Gasteiger partial charge in [-0.25, -0.2) is 0 Å². The van der Waals surface area contributed by atoms with Gasteiger partial charge >= 0.3 is 0 Å². The number of carbonyl (C=O) groups is 1. The average Bonchev–Trinajstić information content (AvgIpc) is 3.41. The minimum absolute atomic E-state index is 0.0659. The Morgan fingerprint density at radius 1 is 1.10 bits per heavy atom. The van der Waals surface area contributed by atoms with E-state index in [4.69, 9.17) is 24.4 Å². The first-order valence-electron chi connectivity index (χ1n) is 13.4. The predicted octanol–water partition coefficient (Wildman–Crippen LogP) is 2.34. The van der Waals surface area contributed by atoms with Crippen molar-refractivity contribution in [3.05, 3.63) is 63.5 Å². The van der Waals surface area contributed by atoms with E-state index >= 15 is 0 Å². The summed E-state index contributed by atoms with van der Waals surface area (Å²) in [4.78, 5) is 29.1. The highest BCUT2D eigenvalue weighted by Gasteiger charge is 2.31. The summed E-state index contributed by atoms with van der Waals surface area (Å²) in [5, 5.41) is -0.818. The summed E-state index contributed by atoms with van der Waals surface area (Å²) in [6.45, 7) is 3.33. The lowest BCUT2D eigenvalue weighted by atomic mass is 10.0. The van der Waals surface area contributed by atoms with Crippen LogP contribution in [0.1, 0.15) is 39.6 Å². The number of methoxy groups -OCH3 is 1. The van der Waals surface area contributed by atoms with Crippen molar-refractivity contribution in [3.8, 4) is 11.5 Å². The Morgan fingerprint density at radius 3 is 2.51 bits per heavy atom. The molecule has 1 unspecified atom stereocenters. The first kappa shape index (κ1) is 28.9. The van der Waals surface area contributed by atoms with Crippen LogP contribution in [-0.2, 0) is 21.3 Å². The number of nitrogens with two attached hydrogens (primary N) is 1. The van der Waals surface area contributed by atoms with E-state index in [0.29, 0.717) is 71.9 Å². The Labute approximate surface area is 237 Å². The molecule has 0 spiro atoms. The number of rotatable bonds is 11. The second-order valence-electron chi connectivity index (χ2n) is 10.2. The third-order valence-electron chi connectivity index (χ3n) is 7.56. The monoisotopic (exact) mass is 587 g/mol. The van der Waals surface area contributed by atoms with E-state index < -0.39 is 21.3 Å². The number of primary amides is 1. The summed E-state index contributed by atoms with van der Waals surface area (Å²) in [5.74, 6) is 0.485. The molecule has 1 saturated heterocycles. The highest BCUT2D eigenvalue weighted by Crippen LogP contribution is 2.35. The maximum Gasteiger partial charge on any atom is 0.274 e. The van der Waals surface area contributed by atoms with Gasteiger partial charge in [-0.3, -0.25) is 19.0 Å². The Bertz CT molecular complexity index is 1600. The summed E-state index contributed by atoms with van der Waals surface area (Å²) in [7, 11) is -3.10. The zero-order valence-electron chi connectivity index (χ0n) is 22.7. The number of unbranched alkanes of at least 4 members (excludes halogenated alkanes) is 1. The topological polar surface area (TPSA) is 162 Å². The summed E-state index contributed by atoms with van der Waals surface area (Å²) >= 11 is 0. The molecule has 1 atom stereocenters. The number of fused-ring (bicyclic) bond motifs is 2. The maximum absolute atomic E-state index is 13.0. The van der Waals surface area contributed by atoms with Gasteiger partial charge in [0, 0.05) is 56.2 Å². The molecule has 2 aliphatic rings. The summed E-state index contributed by atoms with van der Waals surface area (Å²) in [5.41, 5.74) is 7.64. The number of carbonyl (C=O) groups excluding carboxylic acids is 1. The molecule has 0 aliphatic carbocycles. The molecule has 13 heteroatoms. The van der Waals surface area contributed by atoms with Crippen LogP contribution in [0.3, 0.4) is 0 Å². The SMILES string of the molecule is COCC(c1ccc(C(N)=O)cc1N1CCN(CCCCc2coc3cc4c(cc3c2=O)OCO4)CC1)S(=O)(=O)O. The first-order valence-corrected chi connectivity index (χ1v) is 14.9. The second kappa shape index (κ2) is 12.1. The minimum atomic E-state index is -4.46. The van der Waals surface area contributed by atoms with Gasteiger partial charge in [0.1, 0.15) is 10.8 Å². The lowest BCUT2D eigenvalue weighted by molar-refractivity contribution is 0.1000. The fourth-order valence-electron chi connectivity index (χ4n) is 5.33. The lowest BCUT2D eigenvalue weighted by Crippen LogP contribution is -2.47. The molecule has 5 rings (SSSR count). The van der Waals surface area contributed by atoms with Gasteiger partial charge in [0.25, 0.3) is 10.1 Å². The minimum Gasteiger partial charge on any atom is -0.464 e. The number of nitrogens with zero attached hydrogens (tertiary/aromatic N) is 2. The number of ether oxygens (including phenoxy) is 3. The molecule has 1 amide bonds. The van der Waals surface area contributed by atoms with Gasteiger partial charge in [-0.2, -0.15) is 8.42 Å². The maximum atomic E-state index is 13.0. The number of anilines is 1. The van der Waals surface area contributed by atoms with Gasteiger partial charge in [-0.1, -0.05) is 6.07 Å². The summed E-state index contributed by atoms with van der Waals surface area (Å²) < 4.78 is 55.6. The predicted molar refractivity (Wildman–Crippen MR) is 151 cm³/mol. The summed E-state index contributed by atoms with van der Waals surface area (Å²) in [6.07, 6.45) is 3.79. The van der Waals surface area contributed by atoms with Crippen molar-refractivity contribution in [1.29, 1.82) is 0 Å². The highest BCUT2D eigenvalue weighted by molar-refractivity contribution is 7.86. The van der Waals surface area contributed by atoms with E-state index in [1.807, 2.05) is 4.90 Å². The number of aryl methyl sites for hydroxylation is 1. The van der Waals surface area contributed by atoms with Gasteiger partial charge < -0.3 is 29.3 Å². The molecule has 0 radical (unpaired) electrons. The number of amides is 1. The van der Waals surface area contributed by atoms with Crippen LogP contribution in [0, 0.1) is 0 Å². The molecule has 0 bridgehead atoms. The molecule has 2 aliphatic heterocycles. The van der Waals surface area contributed by atoms with Crippen LogP contribution in [0.4, 0.5) is 5.69 Å². The number of hydrogen-bond donors (Lipinski definition) is 2. The van der Waals surface area contributed by atoms with Crippen LogP contribution in [-0.4, -0.2) is 77.0 Å². The largest absolute Gasteiger partial charge is 0.464 e. The molecule has 3 aromatic rings. The van der Waals surface area contributed by atoms with Gasteiger partial charge in [0.15, 0.2) is 16.9 Å². The fraction of sp³-hybridized carbons (Fsp3) is 0.429. The molecule has 0 saturated carbocycles. The van der Waals surface area contributed by atoms with Crippen molar-refractivity contribution in [3.63, 3.8) is 0 Å². The van der Waals surface area contributed by atoms with Crippen LogP contribution in [0.5, 0.6) is 11.5 Å². The number of piperazine rings is 1. The summed E-state index contributed by atoms with van der Waals surface area (Å²) in [6, 6.07) is 7.89. The standard InChI is InChI=1S/C28H33N3O9S/c1-37-16-26(41(34,35)36)20-6-5-18(28(29)33)12-22(20)31-10-8-30(9-11-31)7-3-2-4-19-15-38-23-14-25-24(39-17-40-25)13-21(23)27(19)32/h5-6,12-15,26H,2-4,7-11,16-17H2,1H3,(H2,29,33)(H,34,35,36). The Balaban J connectivity index is 1.19. The van der Waals surface area contributed by atoms with E-state index in [1.165, 1.54) is 25.5 Å². The van der Waals surface area contributed by atoms with Crippen LogP contribution in [0.15, 0.2) is 45.8 Å². The fourth-order valence-corrected chi connectivity index (χ4v) is 6.15. The smallest absolute Gasteiger partial charge is 0.274 e. The molecule has 2 aromatic carbocycles. The third-order valence-corrected chi connectivity index (χ3v) is 8.67. The Hall–Kier alpha value is -3.65. The zero-order valence-corrected chi connectivity index (χ0v) is 23.5. The zero-order chi connectivity index (χ0) is 29.1. The van der Waals surface area contributed by atoms with Crippen molar-refractivity contribution in [2.45, 2.75) is 24.5 Å². The Kier molecular flexibility index (Phi) is 8.50. The first-order chi connectivity index (χ1) is 19.7. The molecule has 1 fully saturated rings. The van der Waals surface area contributed by atoms with Crippen molar-refractivity contribution in [2.24, 2.45) is 5.73 Å². The van der Waals surface area contributed by atoms with Crippen LogP contribution in [0.2, 0.25) is 0 Å². The molecule has 220 valence electrons. The molecule has 3 heterocycles. The molecular formula is C28H33N3O9S. The van der Waals surface area contributed by atoms with Gasteiger partial charge in [0.2, 0.25) is 12.7 Å². The van der Waals surface area contributed by atoms with Crippen LogP contribution < -0.4 is 25.5 Å². The van der Waals surface area contributed by atoms with Crippen LogP contribution in [0.25, 0.3) is 11.0 Å². The van der Waals surface area contributed by atoms with E-state index in [0.717, 1.165) is 19.4 Å². The molecule has 41 heavy (non-hydrogen) atoms. The van der Waals surface area contributed by atoms with Crippen molar-refractivity contribution < 1.29 is 36.4 Å². The van der Waals surface area contributed by atoms with Crippen LogP contribution >= 0.6 is 0 Å². The van der Waals surface area contributed by atoms with Gasteiger partial charge in [-0.05, 0) is 49.6 Å².